The predicted molar refractivity (Wildman–Crippen MR) is 119 cm³/mol. The Morgan fingerprint density at radius 2 is 1.61 bits per heavy atom. The van der Waals surface area contributed by atoms with Crippen molar-refractivity contribution in [3.63, 3.8) is 0 Å². The van der Waals surface area contributed by atoms with Crippen molar-refractivity contribution in [2.45, 2.75) is 13.8 Å². The molecular formula is C25H27N2O+. The normalized spacial score (nSPS) is 11.1. The number of hydrogen-bond donors (Lipinski definition) is 0. The van der Waals surface area contributed by atoms with E-state index in [4.69, 9.17) is 4.42 Å². The molecule has 0 spiro atoms. The van der Waals surface area contributed by atoms with Crippen molar-refractivity contribution in [1.29, 1.82) is 0 Å². The third kappa shape index (κ3) is 3.18. The van der Waals surface area contributed by atoms with Gasteiger partial charge in [0.05, 0.1) is 6.07 Å². The van der Waals surface area contributed by atoms with E-state index in [-0.39, 0.29) is 0 Å². The zero-order valence-electron chi connectivity index (χ0n) is 17.1. The van der Waals surface area contributed by atoms with Crippen molar-refractivity contribution >= 4 is 16.7 Å². The molecule has 2 aromatic rings. The van der Waals surface area contributed by atoms with Crippen LogP contribution in [0, 0.1) is 0 Å². The summed E-state index contributed by atoms with van der Waals surface area (Å²) in [6, 6.07) is 23.6. The average Bonchev–Trinajstić information content (AvgIpc) is 2.73. The molecule has 3 heteroatoms. The molecule has 0 aromatic heterocycles. The number of rotatable bonds is 4. The summed E-state index contributed by atoms with van der Waals surface area (Å²) in [6.07, 6.45) is 0. The number of benzene rings is 3. The molecule has 0 bridgehead atoms. The maximum atomic E-state index is 6.43. The van der Waals surface area contributed by atoms with Crippen LogP contribution >= 0.6 is 0 Å². The molecule has 0 saturated carbocycles. The highest BCUT2D eigenvalue weighted by atomic mass is 16.3. The van der Waals surface area contributed by atoms with E-state index in [1.54, 1.807) is 0 Å². The van der Waals surface area contributed by atoms with Crippen LogP contribution in [-0.2, 0) is 0 Å². The highest BCUT2D eigenvalue weighted by molar-refractivity contribution is 6.02. The lowest BCUT2D eigenvalue weighted by Crippen LogP contribution is -2.21. The van der Waals surface area contributed by atoms with Crippen LogP contribution in [-0.4, -0.2) is 27.2 Å². The summed E-state index contributed by atoms with van der Waals surface area (Å²) in [7, 11) is 4.11. The SMILES string of the molecule is CCN(CC)c1ccc2c(-c3ccccc3)c3ccc(=[N+](C)C)cc-3oc2c1. The van der Waals surface area contributed by atoms with Crippen LogP contribution in [0.5, 0.6) is 0 Å². The molecule has 2 aromatic carbocycles. The summed E-state index contributed by atoms with van der Waals surface area (Å²) < 4.78 is 8.53. The van der Waals surface area contributed by atoms with Crippen LogP contribution in [0.25, 0.3) is 33.4 Å². The topological polar surface area (TPSA) is 19.4 Å². The summed E-state index contributed by atoms with van der Waals surface area (Å²) >= 11 is 0. The zero-order valence-corrected chi connectivity index (χ0v) is 17.1. The summed E-state index contributed by atoms with van der Waals surface area (Å²) in [4.78, 5) is 2.34. The molecule has 0 atom stereocenters. The molecule has 0 radical (unpaired) electrons. The van der Waals surface area contributed by atoms with Gasteiger partial charge in [-0.3, -0.25) is 0 Å². The minimum Gasteiger partial charge on any atom is -0.456 e. The second kappa shape index (κ2) is 7.51. The van der Waals surface area contributed by atoms with Crippen molar-refractivity contribution in [1.82, 2.24) is 4.58 Å². The molecule has 1 aliphatic carbocycles. The van der Waals surface area contributed by atoms with Gasteiger partial charge in [0.2, 0.25) is 5.36 Å². The predicted octanol–water partition coefficient (Wildman–Crippen LogP) is 5.08. The van der Waals surface area contributed by atoms with Crippen LogP contribution in [0.15, 0.2) is 71.1 Å². The van der Waals surface area contributed by atoms with E-state index in [2.05, 4.69) is 104 Å². The molecule has 2 aliphatic rings. The van der Waals surface area contributed by atoms with Gasteiger partial charge in [0, 0.05) is 47.4 Å². The van der Waals surface area contributed by atoms with Crippen LogP contribution in [0.4, 0.5) is 5.69 Å². The fourth-order valence-electron chi connectivity index (χ4n) is 3.85. The standard InChI is InChI=1S/C25H27N2O/c1-5-27(6-2)20-13-15-22-24(17-20)28-23-16-19(26(3)4)12-14-21(23)25(22)18-10-8-7-9-11-18/h7-17H,5-6H2,1-4H3/q+1. The van der Waals surface area contributed by atoms with E-state index in [9.17, 15) is 0 Å². The fourth-order valence-corrected chi connectivity index (χ4v) is 3.85. The molecule has 0 amide bonds. The first-order valence-electron chi connectivity index (χ1n) is 9.93. The van der Waals surface area contributed by atoms with Gasteiger partial charge in [0.15, 0.2) is 0 Å². The van der Waals surface area contributed by atoms with Gasteiger partial charge in [-0.1, -0.05) is 30.3 Å². The molecule has 0 N–H and O–H groups in total. The summed E-state index contributed by atoms with van der Waals surface area (Å²) in [6.45, 7) is 6.33. The van der Waals surface area contributed by atoms with Gasteiger partial charge in [-0.15, -0.1) is 0 Å². The summed E-state index contributed by atoms with van der Waals surface area (Å²) in [5.74, 6) is 0.911. The lowest BCUT2D eigenvalue weighted by molar-refractivity contribution is 0.617. The lowest BCUT2D eigenvalue weighted by atomic mass is 9.93. The first-order valence-corrected chi connectivity index (χ1v) is 9.93. The van der Waals surface area contributed by atoms with Crippen molar-refractivity contribution < 1.29 is 4.42 Å². The van der Waals surface area contributed by atoms with Gasteiger partial charge >= 0.3 is 0 Å². The highest BCUT2D eigenvalue weighted by Gasteiger charge is 2.18. The molecule has 1 heterocycles. The molecule has 0 saturated heterocycles. The Kier molecular flexibility index (Phi) is 4.91. The number of anilines is 1. The van der Waals surface area contributed by atoms with E-state index in [0.29, 0.717) is 0 Å². The Hall–Kier alpha value is -3.07. The van der Waals surface area contributed by atoms with Gasteiger partial charge in [-0.25, -0.2) is 4.58 Å². The van der Waals surface area contributed by atoms with Gasteiger partial charge < -0.3 is 9.32 Å². The molecule has 1 aliphatic heterocycles. The minimum absolute atomic E-state index is 0.911. The molecule has 28 heavy (non-hydrogen) atoms. The Morgan fingerprint density at radius 3 is 2.29 bits per heavy atom. The maximum Gasteiger partial charge on any atom is 0.203 e. The van der Waals surface area contributed by atoms with Crippen molar-refractivity contribution in [3.05, 3.63) is 72.1 Å². The van der Waals surface area contributed by atoms with Gasteiger partial charge in [0.25, 0.3) is 0 Å². The molecule has 4 rings (SSSR count). The minimum atomic E-state index is 0.911. The van der Waals surface area contributed by atoms with E-state index < -0.39 is 0 Å². The van der Waals surface area contributed by atoms with E-state index in [1.807, 2.05) is 0 Å². The Labute approximate surface area is 166 Å². The Balaban J connectivity index is 2.09. The number of hydrogen-bond acceptors (Lipinski definition) is 2. The van der Waals surface area contributed by atoms with Gasteiger partial charge in [0.1, 0.15) is 25.4 Å². The largest absolute Gasteiger partial charge is 0.456 e. The molecular weight excluding hydrogens is 344 g/mol. The van der Waals surface area contributed by atoms with Crippen LogP contribution in [0.2, 0.25) is 0 Å². The van der Waals surface area contributed by atoms with Gasteiger partial charge in [-0.2, -0.15) is 0 Å². The fraction of sp³-hybridized carbons (Fsp3) is 0.240. The van der Waals surface area contributed by atoms with Gasteiger partial charge in [-0.05, 0) is 37.6 Å². The monoisotopic (exact) mass is 371 g/mol. The Morgan fingerprint density at radius 1 is 0.857 bits per heavy atom. The third-order valence-electron chi connectivity index (χ3n) is 5.40. The summed E-state index contributed by atoms with van der Waals surface area (Å²) in [5, 5.41) is 2.28. The smallest absolute Gasteiger partial charge is 0.203 e. The molecule has 0 fully saturated rings. The Bertz CT molecular complexity index is 1150. The number of nitrogens with zero attached hydrogens (tertiary/aromatic N) is 2. The highest BCUT2D eigenvalue weighted by Crippen LogP contribution is 2.40. The molecule has 0 unspecified atom stereocenters. The average molecular weight is 372 g/mol. The first-order chi connectivity index (χ1) is 13.6. The second-order valence-corrected chi connectivity index (χ2v) is 7.27. The second-order valence-electron chi connectivity index (χ2n) is 7.27. The van der Waals surface area contributed by atoms with Crippen molar-refractivity contribution in [2.75, 3.05) is 32.1 Å². The lowest BCUT2D eigenvalue weighted by Gasteiger charge is -2.22. The molecule has 142 valence electrons. The van der Waals surface area contributed by atoms with Crippen molar-refractivity contribution in [3.8, 4) is 22.5 Å². The first kappa shape index (κ1) is 18.3. The maximum absolute atomic E-state index is 6.43. The quantitative estimate of drug-likeness (QED) is 0.368. The summed E-state index contributed by atoms with van der Waals surface area (Å²) in [5.41, 5.74) is 5.70. The number of fused-ring (bicyclic) bond motifs is 2. The van der Waals surface area contributed by atoms with E-state index in [1.165, 1.54) is 16.8 Å². The van der Waals surface area contributed by atoms with Crippen LogP contribution < -0.4 is 14.8 Å². The van der Waals surface area contributed by atoms with E-state index in [0.717, 1.165) is 40.7 Å². The molecule has 3 nitrogen and oxygen atoms in total. The third-order valence-corrected chi connectivity index (χ3v) is 5.40. The van der Waals surface area contributed by atoms with Crippen LogP contribution in [0.1, 0.15) is 13.8 Å². The van der Waals surface area contributed by atoms with E-state index >= 15 is 0 Å². The zero-order chi connectivity index (χ0) is 19.7. The van der Waals surface area contributed by atoms with Crippen LogP contribution in [0.3, 0.4) is 0 Å². The van der Waals surface area contributed by atoms with Crippen molar-refractivity contribution in [2.24, 2.45) is 0 Å².